The number of hydrogen-bond acceptors (Lipinski definition) is 3. The van der Waals surface area contributed by atoms with Gasteiger partial charge in [0.25, 0.3) is 0 Å². The van der Waals surface area contributed by atoms with Crippen molar-refractivity contribution in [2.45, 2.75) is 19.9 Å². The molecule has 2 aromatic rings. The third-order valence-electron chi connectivity index (χ3n) is 4.71. The zero-order valence-electron chi connectivity index (χ0n) is 15.1. The highest BCUT2D eigenvalue weighted by molar-refractivity contribution is 5.78. The van der Waals surface area contributed by atoms with Gasteiger partial charge in [0.15, 0.2) is 0 Å². The van der Waals surface area contributed by atoms with Crippen molar-refractivity contribution >= 4 is 5.91 Å². The monoisotopic (exact) mass is 338 g/mol. The van der Waals surface area contributed by atoms with Crippen molar-refractivity contribution in [3.8, 4) is 5.75 Å². The third kappa shape index (κ3) is 4.60. The number of amides is 1. The van der Waals surface area contributed by atoms with Gasteiger partial charge in [-0.3, -0.25) is 9.69 Å². The van der Waals surface area contributed by atoms with E-state index < -0.39 is 0 Å². The molecular weight excluding hydrogens is 312 g/mol. The van der Waals surface area contributed by atoms with Crippen LogP contribution in [0, 0.1) is 6.92 Å². The first-order valence-corrected chi connectivity index (χ1v) is 8.85. The Balaban J connectivity index is 1.44. The summed E-state index contributed by atoms with van der Waals surface area (Å²) in [5.41, 5.74) is 3.77. The average molecular weight is 338 g/mol. The van der Waals surface area contributed by atoms with E-state index in [1.54, 1.807) is 0 Å². The van der Waals surface area contributed by atoms with E-state index >= 15 is 0 Å². The summed E-state index contributed by atoms with van der Waals surface area (Å²) in [6.07, 6.45) is 0.946. The molecular formula is C21H26N2O2. The molecule has 1 amide bonds. The second-order valence-electron chi connectivity index (χ2n) is 6.69. The Bertz CT molecular complexity index is 729. The number of nitrogens with zero attached hydrogens (tertiary/aromatic N) is 2. The van der Waals surface area contributed by atoms with Crippen LogP contribution in [0.15, 0.2) is 48.5 Å². The highest BCUT2D eigenvalue weighted by atomic mass is 16.5. The summed E-state index contributed by atoms with van der Waals surface area (Å²) in [6.45, 7) is 5.31. The molecule has 25 heavy (non-hydrogen) atoms. The van der Waals surface area contributed by atoms with Gasteiger partial charge < -0.3 is 9.64 Å². The van der Waals surface area contributed by atoms with E-state index in [0.717, 1.165) is 37.4 Å². The van der Waals surface area contributed by atoms with E-state index in [2.05, 4.69) is 18.2 Å². The number of ether oxygens (including phenoxy) is 1. The zero-order valence-corrected chi connectivity index (χ0v) is 15.1. The van der Waals surface area contributed by atoms with E-state index in [1.165, 1.54) is 11.1 Å². The maximum Gasteiger partial charge on any atom is 0.237 e. The normalized spacial score (nSPS) is 13.6. The standard InChI is InChI=1S/C21H26N2O2/c1-17-7-3-6-10-20(17)25-14-13-22(2)16-21(24)23-12-11-18-8-4-5-9-19(18)15-23/h3-10H,11-16H2,1-2H3. The van der Waals surface area contributed by atoms with Crippen molar-refractivity contribution in [1.29, 1.82) is 0 Å². The fourth-order valence-corrected chi connectivity index (χ4v) is 3.15. The summed E-state index contributed by atoms with van der Waals surface area (Å²) < 4.78 is 5.81. The summed E-state index contributed by atoms with van der Waals surface area (Å²) in [5, 5.41) is 0. The molecule has 1 aliphatic heterocycles. The van der Waals surface area contributed by atoms with Gasteiger partial charge in [-0.15, -0.1) is 0 Å². The predicted molar refractivity (Wildman–Crippen MR) is 99.7 cm³/mol. The molecule has 4 heteroatoms. The molecule has 0 saturated heterocycles. The summed E-state index contributed by atoms with van der Waals surface area (Å²) in [5.74, 6) is 1.10. The van der Waals surface area contributed by atoms with Gasteiger partial charge >= 0.3 is 0 Å². The molecule has 2 aromatic carbocycles. The SMILES string of the molecule is Cc1ccccc1OCCN(C)CC(=O)N1CCc2ccccc2C1. The Hall–Kier alpha value is -2.33. The fraction of sp³-hybridized carbons (Fsp3) is 0.381. The van der Waals surface area contributed by atoms with Crippen LogP contribution in [0.4, 0.5) is 0 Å². The first kappa shape index (κ1) is 17.5. The van der Waals surface area contributed by atoms with Gasteiger partial charge in [-0.1, -0.05) is 42.5 Å². The predicted octanol–water partition coefficient (Wildman–Crippen LogP) is 2.89. The highest BCUT2D eigenvalue weighted by Crippen LogP contribution is 2.19. The van der Waals surface area contributed by atoms with Crippen LogP contribution in [0.2, 0.25) is 0 Å². The smallest absolute Gasteiger partial charge is 0.237 e. The molecule has 0 spiro atoms. The van der Waals surface area contributed by atoms with Crippen molar-refractivity contribution in [3.05, 3.63) is 65.2 Å². The number of fused-ring (bicyclic) bond motifs is 1. The number of benzene rings is 2. The maximum atomic E-state index is 12.5. The number of carbonyl (C=O) groups is 1. The Morgan fingerprint density at radius 2 is 1.84 bits per heavy atom. The first-order chi connectivity index (χ1) is 12.1. The Labute approximate surface area is 150 Å². The second-order valence-corrected chi connectivity index (χ2v) is 6.69. The van der Waals surface area contributed by atoms with Gasteiger partial charge in [0.05, 0.1) is 6.54 Å². The largest absolute Gasteiger partial charge is 0.492 e. The van der Waals surface area contributed by atoms with Crippen LogP contribution < -0.4 is 4.74 Å². The van der Waals surface area contributed by atoms with Crippen LogP contribution >= 0.6 is 0 Å². The summed E-state index contributed by atoms with van der Waals surface area (Å²) in [7, 11) is 1.97. The quantitative estimate of drug-likeness (QED) is 0.812. The van der Waals surface area contributed by atoms with Crippen LogP contribution in [0.3, 0.4) is 0 Å². The zero-order chi connectivity index (χ0) is 17.6. The van der Waals surface area contributed by atoms with Gasteiger partial charge in [-0.05, 0) is 43.1 Å². The minimum absolute atomic E-state index is 0.188. The van der Waals surface area contributed by atoms with E-state index in [9.17, 15) is 4.79 Å². The minimum Gasteiger partial charge on any atom is -0.492 e. The van der Waals surface area contributed by atoms with Crippen molar-refractivity contribution < 1.29 is 9.53 Å². The van der Waals surface area contributed by atoms with Crippen molar-refractivity contribution in [1.82, 2.24) is 9.80 Å². The number of para-hydroxylation sites is 1. The summed E-state index contributed by atoms with van der Waals surface area (Å²) in [6, 6.07) is 16.4. The van der Waals surface area contributed by atoms with Gasteiger partial charge in [0.1, 0.15) is 12.4 Å². The van der Waals surface area contributed by atoms with Crippen molar-refractivity contribution in [2.75, 3.05) is 33.3 Å². The van der Waals surface area contributed by atoms with E-state index in [-0.39, 0.29) is 5.91 Å². The second kappa shape index (κ2) is 8.17. The van der Waals surface area contributed by atoms with Crippen molar-refractivity contribution in [2.24, 2.45) is 0 Å². The van der Waals surface area contributed by atoms with Gasteiger partial charge in [-0.25, -0.2) is 0 Å². The van der Waals surface area contributed by atoms with Crippen LogP contribution in [0.5, 0.6) is 5.75 Å². The molecule has 4 nitrogen and oxygen atoms in total. The maximum absolute atomic E-state index is 12.5. The molecule has 0 radical (unpaired) electrons. The molecule has 1 aliphatic rings. The number of carbonyl (C=O) groups excluding carboxylic acids is 1. The van der Waals surface area contributed by atoms with Crippen LogP contribution in [-0.2, 0) is 17.8 Å². The first-order valence-electron chi connectivity index (χ1n) is 8.85. The Morgan fingerprint density at radius 3 is 2.64 bits per heavy atom. The number of hydrogen-bond donors (Lipinski definition) is 0. The van der Waals surface area contributed by atoms with E-state index in [0.29, 0.717) is 13.2 Å². The highest BCUT2D eigenvalue weighted by Gasteiger charge is 2.21. The number of likely N-dealkylation sites (N-methyl/N-ethyl adjacent to an activating group) is 1. The van der Waals surface area contributed by atoms with Crippen LogP contribution in [0.1, 0.15) is 16.7 Å². The number of aryl methyl sites for hydroxylation is 1. The third-order valence-corrected chi connectivity index (χ3v) is 4.71. The van der Waals surface area contributed by atoms with Crippen molar-refractivity contribution in [3.63, 3.8) is 0 Å². The lowest BCUT2D eigenvalue weighted by atomic mass is 10.00. The summed E-state index contributed by atoms with van der Waals surface area (Å²) >= 11 is 0. The molecule has 0 bridgehead atoms. The van der Waals surface area contributed by atoms with Crippen LogP contribution in [0.25, 0.3) is 0 Å². The molecule has 0 unspecified atom stereocenters. The topological polar surface area (TPSA) is 32.8 Å². The molecule has 0 aromatic heterocycles. The molecule has 0 atom stereocenters. The molecule has 3 rings (SSSR count). The molecule has 0 saturated carbocycles. The fourth-order valence-electron chi connectivity index (χ4n) is 3.15. The average Bonchev–Trinajstić information content (AvgIpc) is 2.63. The van der Waals surface area contributed by atoms with Gasteiger partial charge in [0.2, 0.25) is 5.91 Å². The Morgan fingerprint density at radius 1 is 1.12 bits per heavy atom. The Kier molecular flexibility index (Phi) is 5.71. The molecule has 0 fully saturated rings. The van der Waals surface area contributed by atoms with Gasteiger partial charge in [0, 0.05) is 19.6 Å². The number of rotatable bonds is 6. The summed E-state index contributed by atoms with van der Waals surface area (Å²) in [4.78, 5) is 16.5. The molecule has 1 heterocycles. The lowest BCUT2D eigenvalue weighted by Gasteiger charge is -2.30. The molecule has 132 valence electrons. The van der Waals surface area contributed by atoms with E-state index in [1.807, 2.05) is 54.1 Å². The lowest BCUT2D eigenvalue weighted by Crippen LogP contribution is -2.42. The minimum atomic E-state index is 0.188. The van der Waals surface area contributed by atoms with E-state index in [4.69, 9.17) is 4.74 Å². The van der Waals surface area contributed by atoms with Crippen LogP contribution in [-0.4, -0.2) is 49.0 Å². The molecule has 0 aliphatic carbocycles. The molecule has 0 N–H and O–H groups in total. The van der Waals surface area contributed by atoms with Gasteiger partial charge in [-0.2, -0.15) is 0 Å². The lowest BCUT2D eigenvalue weighted by molar-refractivity contribution is -0.133.